The Morgan fingerprint density at radius 2 is 1.96 bits per heavy atom. The summed E-state index contributed by atoms with van der Waals surface area (Å²) >= 11 is 1.30. The minimum absolute atomic E-state index is 0.00661. The number of halogens is 1. The van der Waals surface area contributed by atoms with Gasteiger partial charge in [-0.15, -0.1) is 11.3 Å². The van der Waals surface area contributed by atoms with E-state index < -0.39 is 0 Å². The molecule has 1 N–H and O–H groups in total. The second-order valence-electron chi connectivity index (χ2n) is 5.82. The Balaban J connectivity index is 1.54. The largest absolute Gasteiger partial charge is 0.366 e. The Labute approximate surface area is 149 Å². The summed E-state index contributed by atoms with van der Waals surface area (Å²) in [4.78, 5) is 31.4. The maximum atomic E-state index is 13.9. The van der Waals surface area contributed by atoms with E-state index in [4.69, 9.17) is 0 Å². The van der Waals surface area contributed by atoms with Crippen LogP contribution in [0.3, 0.4) is 0 Å². The molecule has 1 aliphatic rings. The van der Waals surface area contributed by atoms with Crippen LogP contribution in [0.15, 0.2) is 29.6 Å². The first-order chi connectivity index (χ1) is 12.0. The summed E-state index contributed by atoms with van der Waals surface area (Å²) < 4.78 is 13.9. The van der Waals surface area contributed by atoms with Gasteiger partial charge >= 0.3 is 0 Å². The van der Waals surface area contributed by atoms with E-state index in [1.807, 2.05) is 11.0 Å². The standard InChI is InChI=1S/C17H19FN4O2S/c1-12(23)19-17-20-13(11-25-17)10-16(24)22-8-6-21(7-9-22)15-5-3-2-4-14(15)18/h2-5,11H,6-10H2,1H3,(H,19,20,23). The molecular formula is C17H19FN4O2S. The molecule has 1 aliphatic heterocycles. The molecule has 25 heavy (non-hydrogen) atoms. The number of hydrogen-bond donors (Lipinski definition) is 1. The molecule has 0 aliphatic carbocycles. The Morgan fingerprint density at radius 3 is 2.64 bits per heavy atom. The lowest BCUT2D eigenvalue weighted by Crippen LogP contribution is -2.49. The molecule has 0 unspecified atom stereocenters. The van der Waals surface area contributed by atoms with Crippen LogP contribution in [-0.4, -0.2) is 47.9 Å². The van der Waals surface area contributed by atoms with E-state index in [1.165, 1.54) is 24.3 Å². The van der Waals surface area contributed by atoms with Gasteiger partial charge in [0.1, 0.15) is 5.82 Å². The number of para-hydroxylation sites is 1. The fourth-order valence-corrected chi connectivity index (χ4v) is 3.52. The number of nitrogens with zero attached hydrogens (tertiary/aromatic N) is 3. The second kappa shape index (κ2) is 7.60. The van der Waals surface area contributed by atoms with Gasteiger partial charge in [-0.25, -0.2) is 9.37 Å². The van der Waals surface area contributed by atoms with E-state index in [2.05, 4.69) is 10.3 Å². The number of amides is 2. The number of carbonyl (C=O) groups is 2. The van der Waals surface area contributed by atoms with Gasteiger partial charge in [-0.05, 0) is 12.1 Å². The molecule has 8 heteroatoms. The topological polar surface area (TPSA) is 65.5 Å². The van der Waals surface area contributed by atoms with Crippen molar-refractivity contribution in [3.63, 3.8) is 0 Å². The minimum atomic E-state index is -0.241. The normalized spacial score (nSPS) is 14.5. The lowest BCUT2D eigenvalue weighted by molar-refractivity contribution is -0.130. The Morgan fingerprint density at radius 1 is 1.24 bits per heavy atom. The summed E-state index contributed by atoms with van der Waals surface area (Å²) in [5, 5.41) is 4.88. The Hall–Kier alpha value is -2.48. The van der Waals surface area contributed by atoms with Crippen LogP contribution in [0.5, 0.6) is 0 Å². The second-order valence-corrected chi connectivity index (χ2v) is 6.68. The van der Waals surface area contributed by atoms with Crippen LogP contribution >= 0.6 is 11.3 Å². The molecule has 1 aromatic heterocycles. The number of hydrogen-bond acceptors (Lipinski definition) is 5. The van der Waals surface area contributed by atoms with Gasteiger partial charge in [0, 0.05) is 38.5 Å². The fourth-order valence-electron chi connectivity index (χ4n) is 2.77. The Bertz CT molecular complexity index is 772. The maximum absolute atomic E-state index is 13.9. The molecule has 1 saturated heterocycles. The zero-order valence-electron chi connectivity index (χ0n) is 13.9. The average Bonchev–Trinajstić information content (AvgIpc) is 3.01. The summed E-state index contributed by atoms with van der Waals surface area (Å²) in [6.07, 6.45) is 0.204. The van der Waals surface area contributed by atoms with Crippen molar-refractivity contribution in [1.82, 2.24) is 9.88 Å². The van der Waals surface area contributed by atoms with Gasteiger partial charge in [0.15, 0.2) is 5.13 Å². The predicted octanol–water partition coefficient (Wildman–Crippen LogP) is 2.13. The molecule has 2 aromatic rings. The first-order valence-corrected chi connectivity index (χ1v) is 8.90. The van der Waals surface area contributed by atoms with E-state index in [-0.39, 0.29) is 24.1 Å². The number of rotatable bonds is 4. The molecule has 1 fully saturated rings. The summed E-state index contributed by atoms with van der Waals surface area (Å²) in [7, 11) is 0. The number of thiazole rings is 1. The van der Waals surface area contributed by atoms with Crippen molar-refractivity contribution >= 4 is 34.0 Å². The van der Waals surface area contributed by atoms with Crippen molar-refractivity contribution in [2.45, 2.75) is 13.3 Å². The van der Waals surface area contributed by atoms with Gasteiger partial charge in [-0.3, -0.25) is 9.59 Å². The zero-order valence-corrected chi connectivity index (χ0v) is 14.7. The quantitative estimate of drug-likeness (QED) is 0.905. The molecule has 6 nitrogen and oxygen atoms in total. The summed E-state index contributed by atoms with van der Waals surface area (Å²) in [5.74, 6) is -0.431. The molecule has 3 rings (SSSR count). The number of nitrogens with one attached hydrogen (secondary N) is 1. The van der Waals surface area contributed by atoms with E-state index in [0.717, 1.165) is 0 Å². The Kier molecular flexibility index (Phi) is 5.28. The van der Waals surface area contributed by atoms with Crippen LogP contribution in [-0.2, 0) is 16.0 Å². The number of aromatic nitrogens is 1. The first-order valence-electron chi connectivity index (χ1n) is 8.02. The van der Waals surface area contributed by atoms with Gasteiger partial charge in [0.25, 0.3) is 0 Å². The van der Waals surface area contributed by atoms with Crippen molar-refractivity contribution in [3.8, 4) is 0 Å². The third-order valence-electron chi connectivity index (χ3n) is 3.99. The number of anilines is 2. The lowest BCUT2D eigenvalue weighted by Gasteiger charge is -2.36. The molecule has 0 saturated carbocycles. The molecule has 132 valence electrons. The predicted molar refractivity (Wildman–Crippen MR) is 95.3 cm³/mol. The van der Waals surface area contributed by atoms with Crippen LogP contribution in [0.25, 0.3) is 0 Å². The van der Waals surface area contributed by atoms with E-state index in [0.29, 0.717) is 42.7 Å². The number of benzene rings is 1. The highest BCUT2D eigenvalue weighted by Gasteiger charge is 2.23. The lowest BCUT2D eigenvalue weighted by atomic mass is 10.2. The van der Waals surface area contributed by atoms with Crippen molar-refractivity contribution in [2.24, 2.45) is 0 Å². The van der Waals surface area contributed by atoms with Crippen molar-refractivity contribution in [2.75, 3.05) is 36.4 Å². The van der Waals surface area contributed by atoms with Crippen LogP contribution in [0.4, 0.5) is 15.2 Å². The van der Waals surface area contributed by atoms with Crippen LogP contribution < -0.4 is 10.2 Å². The van der Waals surface area contributed by atoms with E-state index >= 15 is 0 Å². The molecule has 0 spiro atoms. The molecule has 0 atom stereocenters. The molecule has 0 bridgehead atoms. The zero-order chi connectivity index (χ0) is 17.8. The summed E-state index contributed by atoms with van der Waals surface area (Å²) in [5.41, 5.74) is 1.23. The minimum Gasteiger partial charge on any atom is -0.366 e. The molecule has 0 radical (unpaired) electrons. The SMILES string of the molecule is CC(=O)Nc1nc(CC(=O)N2CCN(c3ccccc3F)CC2)cs1. The monoisotopic (exact) mass is 362 g/mol. The molecular weight excluding hydrogens is 343 g/mol. The molecule has 2 heterocycles. The highest BCUT2D eigenvalue weighted by atomic mass is 32.1. The van der Waals surface area contributed by atoms with Gasteiger partial charge in [0.2, 0.25) is 11.8 Å². The van der Waals surface area contributed by atoms with E-state index in [9.17, 15) is 14.0 Å². The fraction of sp³-hybridized carbons (Fsp3) is 0.353. The van der Waals surface area contributed by atoms with Crippen molar-refractivity contribution < 1.29 is 14.0 Å². The van der Waals surface area contributed by atoms with Crippen molar-refractivity contribution in [3.05, 3.63) is 41.2 Å². The van der Waals surface area contributed by atoms with Crippen LogP contribution in [0.1, 0.15) is 12.6 Å². The smallest absolute Gasteiger partial charge is 0.228 e. The third-order valence-corrected chi connectivity index (χ3v) is 4.80. The van der Waals surface area contributed by atoms with Crippen molar-refractivity contribution in [1.29, 1.82) is 0 Å². The number of carbonyl (C=O) groups excluding carboxylic acids is 2. The molecule has 2 amide bonds. The van der Waals surface area contributed by atoms with Crippen LogP contribution in [0.2, 0.25) is 0 Å². The van der Waals surface area contributed by atoms with Gasteiger partial charge in [-0.1, -0.05) is 12.1 Å². The van der Waals surface area contributed by atoms with Gasteiger partial charge in [0.05, 0.1) is 17.8 Å². The third kappa shape index (κ3) is 4.33. The van der Waals surface area contributed by atoms with E-state index in [1.54, 1.807) is 22.4 Å². The highest BCUT2D eigenvalue weighted by molar-refractivity contribution is 7.13. The van der Waals surface area contributed by atoms with Gasteiger partial charge < -0.3 is 15.1 Å². The van der Waals surface area contributed by atoms with Gasteiger partial charge in [-0.2, -0.15) is 0 Å². The summed E-state index contributed by atoms with van der Waals surface area (Å²) in [6.45, 7) is 3.72. The highest BCUT2D eigenvalue weighted by Crippen LogP contribution is 2.21. The molecule has 1 aromatic carbocycles. The maximum Gasteiger partial charge on any atom is 0.228 e. The number of piperazine rings is 1. The first kappa shape index (κ1) is 17.3. The summed E-state index contributed by atoms with van der Waals surface area (Å²) in [6, 6.07) is 6.68. The van der Waals surface area contributed by atoms with Crippen LogP contribution in [0, 0.1) is 5.82 Å². The average molecular weight is 362 g/mol.